The van der Waals surface area contributed by atoms with Crippen molar-refractivity contribution in [3.05, 3.63) is 42.0 Å². The average molecular weight is 205 g/mol. The Morgan fingerprint density at radius 2 is 1.93 bits per heavy atom. The van der Waals surface area contributed by atoms with Crippen LogP contribution in [0.5, 0.6) is 0 Å². The van der Waals surface area contributed by atoms with Crippen molar-refractivity contribution in [3.8, 4) is 0 Å². The molecule has 0 atom stereocenters. The van der Waals surface area contributed by atoms with Gasteiger partial charge in [-0.15, -0.1) is 0 Å². The van der Waals surface area contributed by atoms with Crippen LogP contribution in [0, 0.1) is 0 Å². The van der Waals surface area contributed by atoms with Crippen molar-refractivity contribution in [3.63, 3.8) is 0 Å². The molecule has 0 spiro atoms. The van der Waals surface area contributed by atoms with Crippen LogP contribution >= 0.6 is 0 Å². The van der Waals surface area contributed by atoms with Gasteiger partial charge in [0.05, 0.1) is 0 Å². The molecule has 1 amide bonds. The van der Waals surface area contributed by atoms with Gasteiger partial charge in [-0.25, -0.2) is 0 Å². The molecular formula is C11H11NO3. The summed E-state index contributed by atoms with van der Waals surface area (Å²) in [6.45, 7) is -0.363. The predicted octanol–water partition coefficient (Wildman–Crippen LogP) is 0.901. The summed E-state index contributed by atoms with van der Waals surface area (Å²) in [5, 5.41) is 10.5. The topological polar surface area (TPSA) is 66.4 Å². The summed E-state index contributed by atoms with van der Waals surface area (Å²) in [5.74, 6) is -1.47. The Labute approximate surface area is 87.2 Å². The number of carboxylic acid groups (broad SMARTS) is 1. The lowest BCUT2D eigenvalue weighted by Gasteiger charge is -1.96. The molecule has 1 rings (SSSR count). The normalized spacial score (nSPS) is 10.1. The van der Waals surface area contributed by atoms with Gasteiger partial charge in [0.15, 0.2) is 0 Å². The number of carbonyl (C=O) groups excluding carboxylic acids is 1. The quantitative estimate of drug-likeness (QED) is 0.718. The minimum absolute atomic E-state index is 0.363. The number of nitrogens with one attached hydrogen (secondary N) is 1. The maximum absolute atomic E-state index is 11.1. The summed E-state index contributed by atoms with van der Waals surface area (Å²) in [6.07, 6.45) is 2.93. The molecule has 0 aliphatic carbocycles. The van der Waals surface area contributed by atoms with Crippen LogP contribution in [0.25, 0.3) is 6.08 Å². The Balaban J connectivity index is 2.44. The minimum atomic E-state index is -1.06. The fraction of sp³-hybridized carbons (Fsp3) is 0.0909. The number of carboxylic acids is 1. The molecule has 0 aromatic heterocycles. The first-order valence-electron chi connectivity index (χ1n) is 4.41. The summed E-state index contributed by atoms with van der Waals surface area (Å²) in [5.41, 5.74) is 0.892. The number of amides is 1. The Hall–Kier alpha value is -2.10. The van der Waals surface area contributed by atoms with Crippen molar-refractivity contribution in [2.75, 3.05) is 6.54 Å². The van der Waals surface area contributed by atoms with Gasteiger partial charge in [0.2, 0.25) is 5.91 Å². The maximum Gasteiger partial charge on any atom is 0.322 e. The smallest absolute Gasteiger partial charge is 0.322 e. The highest BCUT2D eigenvalue weighted by Gasteiger charge is 1.98. The molecule has 0 radical (unpaired) electrons. The van der Waals surface area contributed by atoms with Crippen molar-refractivity contribution in [2.24, 2.45) is 0 Å². The fourth-order valence-corrected chi connectivity index (χ4v) is 0.958. The molecule has 4 nitrogen and oxygen atoms in total. The molecule has 1 aromatic rings. The molecular weight excluding hydrogens is 194 g/mol. The first-order chi connectivity index (χ1) is 7.18. The van der Waals surface area contributed by atoms with E-state index in [4.69, 9.17) is 5.11 Å². The third-order valence-corrected chi connectivity index (χ3v) is 1.64. The molecule has 78 valence electrons. The zero-order chi connectivity index (χ0) is 11.1. The first kappa shape index (κ1) is 11.0. The van der Waals surface area contributed by atoms with Gasteiger partial charge < -0.3 is 10.4 Å². The van der Waals surface area contributed by atoms with Crippen LogP contribution in [0.1, 0.15) is 5.56 Å². The predicted molar refractivity (Wildman–Crippen MR) is 56.1 cm³/mol. The molecule has 4 heteroatoms. The molecule has 0 saturated carbocycles. The van der Waals surface area contributed by atoms with E-state index in [-0.39, 0.29) is 6.54 Å². The van der Waals surface area contributed by atoms with Gasteiger partial charge in [0, 0.05) is 6.08 Å². The van der Waals surface area contributed by atoms with Gasteiger partial charge in [-0.1, -0.05) is 30.3 Å². The lowest BCUT2D eigenvalue weighted by Crippen LogP contribution is -2.27. The van der Waals surface area contributed by atoms with E-state index in [0.29, 0.717) is 0 Å². The van der Waals surface area contributed by atoms with E-state index in [1.165, 1.54) is 6.08 Å². The molecule has 15 heavy (non-hydrogen) atoms. The standard InChI is InChI=1S/C11H11NO3/c13-10(12-8-11(14)15)7-6-9-4-2-1-3-5-9/h1-7H,8H2,(H,12,13)(H,14,15)/b7-6+. The van der Waals surface area contributed by atoms with Crippen molar-refractivity contribution >= 4 is 18.0 Å². The van der Waals surface area contributed by atoms with E-state index in [9.17, 15) is 9.59 Å². The van der Waals surface area contributed by atoms with Gasteiger partial charge in [-0.05, 0) is 11.6 Å². The lowest BCUT2D eigenvalue weighted by atomic mass is 10.2. The number of carbonyl (C=O) groups is 2. The summed E-state index contributed by atoms with van der Waals surface area (Å²) < 4.78 is 0. The second kappa shape index (κ2) is 5.59. The van der Waals surface area contributed by atoms with Gasteiger partial charge in [-0.2, -0.15) is 0 Å². The summed E-state index contributed by atoms with van der Waals surface area (Å²) >= 11 is 0. The molecule has 0 aliphatic rings. The van der Waals surface area contributed by atoms with E-state index in [1.807, 2.05) is 30.3 Å². The molecule has 1 aromatic carbocycles. The lowest BCUT2D eigenvalue weighted by molar-refractivity contribution is -0.137. The zero-order valence-corrected chi connectivity index (χ0v) is 8.01. The SMILES string of the molecule is O=C(O)CNC(=O)/C=C/c1ccccc1. The van der Waals surface area contributed by atoms with Crippen LogP contribution < -0.4 is 5.32 Å². The van der Waals surface area contributed by atoms with Crippen molar-refractivity contribution < 1.29 is 14.7 Å². The van der Waals surface area contributed by atoms with Gasteiger partial charge in [-0.3, -0.25) is 9.59 Å². The molecule has 0 aliphatic heterocycles. The third-order valence-electron chi connectivity index (χ3n) is 1.64. The van der Waals surface area contributed by atoms with E-state index in [1.54, 1.807) is 6.08 Å². The van der Waals surface area contributed by atoms with E-state index >= 15 is 0 Å². The summed E-state index contributed by atoms with van der Waals surface area (Å²) in [6, 6.07) is 9.29. The van der Waals surface area contributed by atoms with Crippen LogP contribution in [-0.4, -0.2) is 23.5 Å². The first-order valence-corrected chi connectivity index (χ1v) is 4.41. The average Bonchev–Trinajstić information content (AvgIpc) is 2.25. The molecule has 0 fully saturated rings. The Morgan fingerprint density at radius 3 is 2.53 bits per heavy atom. The van der Waals surface area contributed by atoms with Crippen molar-refractivity contribution in [1.82, 2.24) is 5.32 Å². The minimum Gasteiger partial charge on any atom is -0.480 e. The van der Waals surface area contributed by atoms with Crippen molar-refractivity contribution in [2.45, 2.75) is 0 Å². The third kappa shape index (κ3) is 4.61. The second-order valence-electron chi connectivity index (χ2n) is 2.86. The van der Waals surface area contributed by atoms with Crippen LogP contribution in [-0.2, 0) is 9.59 Å². The summed E-state index contributed by atoms with van der Waals surface area (Å²) in [7, 11) is 0. The number of benzene rings is 1. The van der Waals surface area contributed by atoms with Crippen LogP contribution in [0.15, 0.2) is 36.4 Å². The fourth-order valence-electron chi connectivity index (χ4n) is 0.958. The Kier molecular flexibility index (Phi) is 4.09. The maximum atomic E-state index is 11.1. The molecule has 0 saturated heterocycles. The van der Waals surface area contributed by atoms with Crippen LogP contribution in [0.2, 0.25) is 0 Å². The van der Waals surface area contributed by atoms with Gasteiger partial charge in [0.1, 0.15) is 6.54 Å². The highest BCUT2D eigenvalue weighted by Crippen LogP contribution is 2.00. The summed E-state index contributed by atoms with van der Waals surface area (Å²) in [4.78, 5) is 21.2. The second-order valence-corrected chi connectivity index (χ2v) is 2.86. The molecule has 0 unspecified atom stereocenters. The largest absolute Gasteiger partial charge is 0.480 e. The Bertz CT molecular complexity index is 371. The van der Waals surface area contributed by atoms with E-state index in [0.717, 1.165) is 5.56 Å². The molecule has 2 N–H and O–H groups in total. The number of hydrogen-bond acceptors (Lipinski definition) is 2. The highest BCUT2D eigenvalue weighted by molar-refractivity contribution is 5.93. The zero-order valence-electron chi connectivity index (χ0n) is 8.01. The van der Waals surface area contributed by atoms with Gasteiger partial charge >= 0.3 is 5.97 Å². The van der Waals surface area contributed by atoms with Crippen LogP contribution in [0.3, 0.4) is 0 Å². The monoisotopic (exact) mass is 205 g/mol. The molecule has 0 bridgehead atoms. The van der Waals surface area contributed by atoms with Crippen molar-refractivity contribution in [1.29, 1.82) is 0 Å². The highest BCUT2D eigenvalue weighted by atomic mass is 16.4. The Morgan fingerprint density at radius 1 is 1.27 bits per heavy atom. The van der Waals surface area contributed by atoms with Gasteiger partial charge in [0.25, 0.3) is 0 Å². The van der Waals surface area contributed by atoms with E-state index in [2.05, 4.69) is 5.32 Å². The van der Waals surface area contributed by atoms with E-state index < -0.39 is 11.9 Å². The number of rotatable bonds is 4. The van der Waals surface area contributed by atoms with Crippen LogP contribution in [0.4, 0.5) is 0 Å². The molecule has 0 heterocycles. The number of hydrogen-bond donors (Lipinski definition) is 2. The number of aliphatic carboxylic acids is 1.